The van der Waals surface area contributed by atoms with Gasteiger partial charge in [-0.15, -0.1) is 0 Å². The second-order valence-corrected chi connectivity index (χ2v) is 8.93. The van der Waals surface area contributed by atoms with Crippen molar-refractivity contribution in [3.63, 3.8) is 0 Å². The minimum Gasteiger partial charge on any atom is -0.355 e. The van der Waals surface area contributed by atoms with Gasteiger partial charge in [-0.25, -0.2) is 0 Å². The van der Waals surface area contributed by atoms with Crippen molar-refractivity contribution >= 4 is 11.9 Å². The van der Waals surface area contributed by atoms with Crippen molar-refractivity contribution in [2.75, 3.05) is 46.3 Å². The van der Waals surface area contributed by atoms with Crippen LogP contribution in [0.4, 0.5) is 0 Å². The molecular weight excluding hydrogens is 350 g/mol. The van der Waals surface area contributed by atoms with E-state index in [1.807, 2.05) is 7.05 Å². The van der Waals surface area contributed by atoms with E-state index in [9.17, 15) is 4.79 Å². The van der Waals surface area contributed by atoms with E-state index in [0.717, 1.165) is 64.0 Å². The van der Waals surface area contributed by atoms with Gasteiger partial charge in [0.05, 0.1) is 0 Å². The van der Waals surface area contributed by atoms with Crippen molar-refractivity contribution in [2.24, 2.45) is 16.8 Å². The van der Waals surface area contributed by atoms with Gasteiger partial charge < -0.3 is 15.5 Å². The summed E-state index contributed by atoms with van der Waals surface area (Å²) in [7, 11) is 1.86. The van der Waals surface area contributed by atoms with Gasteiger partial charge in [0.15, 0.2) is 5.96 Å². The zero-order valence-electron chi connectivity index (χ0n) is 18.1. The van der Waals surface area contributed by atoms with Crippen LogP contribution in [0.15, 0.2) is 4.99 Å². The van der Waals surface area contributed by atoms with Crippen LogP contribution < -0.4 is 10.6 Å². The van der Waals surface area contributed by atoms with Gasteiger partial charge in [-0.05, 0) is 31.6 Å². The lowest BCUT2D eigenvalue weighted by molar-refractivity contribution is -0.137. The third kappa shape index (κ3) is 6.10. The topological polar surface area (TPSA) is 60.0 Å². The fourth-order valence-corrected chi connectivity index (χ4v) is 5.14. The number of carbonyl (C=O) groups excluding carboxylic acids is 1. The summed E-state index contributed by atoms with van der Waals surface area (Å²) in [5.74, 6) is 2.54. The van der Waals surface area contributed by atoms with Crippen molar-refractivity contribution in [3.8, 4) is 0 Å². The lowest BCUT2D eigenvalue weighted by Gasteiger charge is -2.36. The molecule has 28 heavy (non-hydrogen) atoms. The second-order valence-electron chi connectivity index (χ2n) is 8.93. The monoisotopic (exact) mass is 391 g/mol. The van der Waals surface area contributed by atoms with E-state index in [1.54, 1.807) is 0 Å². The molecule has 2 saturated carbocycles. The summed E-state index contributed by atoms with van der Waals surface area (Å²) in [5.41, 5.74) is 0. The Labute approximate surface area is 171 Å². The molecule has 3 rings (SSSR count). The van der Waals surface area contributed by atoms with Crippen LogP contribution in [0.3, 0.4) is 0 Å². The number of aliphatic imine (C=N–C) groups is 1. The van der Waals surface area contributed by atoms with E-state index < -0.39 is 0 Å². The van der Waals surface area contributed by atoms with Crippen LogP contribution in [-0.2, 0) is 4.79 Å². The highest BCUT2D eigenvalue weighted by Crippen LogP contribution is 2.27. The third-order valence-corrected chi connectivity index (χ3v) is 7.03. The largest absolute Gasteiger partial charge is 0.355 e. The molecule has 2 atom stereocenters. The zero-order valence-corrected chi connectivity index (χ0v) is 18.1. The minimum absolute atomic E-state index is 0.315. The summed E-state index contributed by atoms with van der Waals surface area (Å²) in [6.45, 7) is 7.99. The van der Waals surface area contributed by atoms with Crippen molar-refractivity contribution in [2.45, 2.75) is 70.8 Å². The number of guanidine groups is 1. The molecule has 0 spiro atoms. The minimum atomic E-state index is 0.315. The van der Waals surface area contributed by atoms with E-state index >= 15 is 0 Å². The smallest absolute Gasteiger partial charge is 0.225 e. The SMILES string of the molecule is CCC1CCCC(NC(=NC)NCCN2CCN(C(=O)C3CCCC3)CC2)C1. The Kier molecular flexibility index (Phi) is 8.44. The summed E-state index contributed by atoms with van der Waals surface area (Å²) in [6.07, 6.45) is 11.2. The number of nitrogens with one attached hydrogen (secondary N) is 2. The molecule has 0 radical (unpaired) electrons. The molecular formula is C22H41N5O. The molecule has 0 aromatic rings. The van der Waals surface area contributed by atoms with Gasteiger partial charge in [0, 0.05) is 58.3 Å². The van der Waals surface area contributed by atoms with Crippen molar-refractivity contribution in [3.05, 3.63) is 0 Å². The Hall–Kier alpha value is -1.30. The summed E-state index contributed by atoms with van der Waals surface area (Å²) in [6, 6.07) is 0.565. The number of hydrogen-bond acceptors (Lipinski definition) is 3. The normalized spacial score (nSPS) is 27.8. The highest BCUT2D eigenvalue weighted by molar-refractivity contribution is 5.80. The Morgan fingerprint density at radius 1 is 1.04 bits per heavy atom. The molecule has 0 aromatic carbocycles. The van der Waals surface area contributed by atoms with Crippen LogP contribution in [0.2, 0.25) is 0 Å². The summed E-state index contributed by atoms with van der Waals surface area (Å²) >= 11 is 0. The van der Waals surface area contributed by atoms with Crippen LogP contribution in [0.1, 0.15) is 64.7 Å². The number of amides is 1. The number of nitrogens with zero attached hydrogens (tertiary/aromatic N) is 3. The molecule has 1 saturated heterocycles. The molecule has 3 fully saturated rings. The van der Waals surface area contributed by atoms with Gasteiger partial charge >= 0.3 is 0 Å². The van der Waals surface area contributed by atoms with E-state index in [-0.39, 0.29) is 0 Å². The fraction of sp³-hybridized carbons (Fsp3) is 0.909. The van der Waals surface area contributed by atoms with E-state index in [0.29, 0.717) is 17.9 Å². The van der Waals surface area contributed by atoms with Crippen molar-refractivity contribution in [1.29, 1.82) is 0 Å². The molecule has 6 heteroatoms. The third-order valence-electron chi connectivity index (χ3n) is 7.03. The first-order valence-electron chi connectivity index (χ1n) is 11.7. The fourth-order valence-electron chi connectivity index (χ4n) is 5.14. The summed E-state index contributed by atoms with van der Waals surface area (Å²) < 4.78 is 0. The molecule has 1 aliphatic heterocycles. The quantitative estimate of drug-likeness (QED) is 0.539. The molecule has 2 aliphatic carbocycles. The molecule has 1 amide bonds. The first-order chi connectivity index (χ1) is 13.7. The molecule has 160 valence electrons. The number of carbonyl (C=O) groups is 1. The van der Waals surface area contributed by atoms with E-state index in [4.69, 9.17) is 0 Å². The Balaban J connectivity index is 1.32. The first kappa shape index (κ1) is 21.4. The van der Waals surface area contributed by atoms with Gasteiger partial charge in [-0.1, -0.05) is 39.0 Å². The number of hydrogen-bond donors (Lipinski definition) is 2. The molecule has 0 bridgehead atoms. The van der Waals surface area contributed by atoms with Gasteiger partial charge in [0.2, 0.25) is 5.91 Å². The van der Waals surface area contributed by atoms with Crippen molar-refractivity contribution in [1.82, 2.24) is 20.4 Å². The standard InChI is InChI=1S/C22H41N5O/c1-3-18-7-6-10-20(17-18)25-22(23-2)24-11-12-26-13-15-27(16-14-26)21(28)19-8-4-5-9-19/h18-20H,3-17H2,1-2H3,(H2,23,24,25). The maximum Gasteiger partial charge on any atom is 0.225 e. The molecule has 0 aromatic heterocycles. The van der Waals surface area contributed by atoms with Crippen LogP contribution in [0, 0.1) is 11.8 Å². The summed E-state index contributed by atoms with van der Waals surface area (Å²) in [4.78, 5) is 21.5. The molecule has 2 unspecified atom stereocenters. The predicted molar refractivity (Wildman–Crippen MR) is 116 cm³/mol. The Morgan fingerprint density at radius 3 is 2.46 bits per heavy atom. The molecule has 6 nitrogen and oxygen atoms in total. The van der Waals surface area contributed by atoms with Crippen LogP contribution in [-0.4, -0.2) is 74.0 Å². The first-order valence-corrected chi connectivity index (χ1v) is 11.7. The highest BCUT2D eigenvalue weighted by Gasteiger charge is 2.29. The van der Waals surface area contributed by atoms with E-state index in [1.165, 1.54) is 44.9 Å². The highest BCUT2D eigenvalue weighted by atomic mass is 16.2. The number of rotatable bonds is 6. The van der Waals surface area contributed by atoms with Gasteiger partial charge in [0.25, 0.3) is 0 Å². The van der Waals surface area contributed by atoms with Gasteiger partial charge in [-0.3, -0.25) is 14.7 Å². The lowest BCUT2D eigenvalue weighted by atomic mass is 9.84. The predicted octanol–water partition coefficient (Wildman–Crippen LogP) is 2.45. The second kappa shape index (κ2) is 11.0. The Bertz CT molecular complexity index is 509. The average molecular weight is 392 g/mol. The van der Waals surface area contributed by atoms with Gasteiger partial charge in [0.1, 0.15) is 0 Å². The molecule has 3 aliphatic rings. The maximum atomic E-state index is 12.6. The molecule has 2 N–H and O–H groups in total. The molecule has 1 heterocycles. The number of piperazine rings is 1. The van der Waals surface area contributed by atoms with E-state index in [2.05, 4.69) is 32.3 Å². The zero-order chi connectivity index (χ0) is 19.8. The Morgan fingerprint density at radius 2 is 1.79 bits per heavy atom. The van der Waals surface area contributed by atoms with Crippen LogP contribution >= 0.6 is 0 Å². The van der Waals surface area contributed by atoms with Crippen molar-refractivity contribution < 1.29 is 4.79 Å². The summed E-state index contributed by atoms with van der Waals surface area (Å²) in [5, 5.41) is 7.12. The van der Waals surface area contributed by atoms with Gasteiger partial charge in [-0.2, -0.15) is 0 Å². The average Bonchev–Trinajstić information content (AvgIpc) is 3.28. The van der Waals surface area contributed by atoms with Crippen LogP contribution in [0.5, 0.6) is 0 Å². The van der Waals surface area contributed by atoms with Crippen LogP contribution in [0.25, 0.3) is 0 Å². The maximum absolute atomic E-state index is 12.6. The lowest BCUT2D eigenvalue weighted by Crippen LogP contribution is -2.52.